The van der Waals surface area contributed by atoms with Crippen LogP contribution < -0.4 is 5.32 Å². The molecule has 5 nitrogen and oxygen atoms in total. The van der Waals surface area contributed by atoms with Crippen LogP contribution in [0, 0.1) is 5.92 Å². The largest absolute Gasteiger partial charge is 0.481 e. The molecule has 0 aliphatic heterocycles. The molecule has 2 N–H and O–H groups in total. The number of rotatable bonds is 7. The van der Waals surface area contributed by atoms with Crippen LogP contribution in [0.25, 0.3) is 0 Å². The number of anilines is 1. The summed E-state index contributed by atoms with van der Waals surface area (Å²) in [5.41, 5.74) is 0.549. The van der Waals surface area contributed by atoms with E-state index < -0.39 is 23.6 Å². The number of thioether (sulfide) groups is 1. The molecule has 0 saturated heterocycles. The highest BCUT2D eigenvalue weighted by atomic mass is 32.2. The zero-order chi connectivity index (χ0) is 20.0. The van der Waals surface area contributed by atoms with E-state index in [2.05, 4.69) is 10.3 Å². The SMILES string of the molecule is CC(Cc1ccc(NC(=O)CSc2ccc(C(F)(F)F)cn2)cc1)C(=O)O. The number of hydrogen-bond acceptors (Lipinski definition) is 4. The van der Waals surface area contributed by atoms with Crippen LogP contribution in [0.1, 0.15) is 18.1 Å². The van der Waals surface area contributed by atoms with Crippen LogP contribution in [0.3, 0.4) is 0 Å². The van der Waals surface area contributed by atoms with Gasteiger partial charge in [0.2, 0.25) is 5.91 Å². The molecule has 0 aliphatic rings. The molecule has 2 rings (SSSR count). The third-order valence-electron chi connectivity index (χ3n) is 3.62. The van der Waals surface area contributed by atoms with Crippen LogP contribution in [0.5, 0.6) is 0 Å². The number of carbonyl (C=O) groups excluding carboxylic acids is 1. The summed E-state index contributed by atoms with van der Waals surface area (Å²) < 4.78 is 37.4. The number of amides is 1. The van der Waals surface area contributed by atoms with Crippen molar-refractivity contribution in [2.45, 2.75) is 24.5 Å². The summed E-state index contributed by atoms with van der Waals surface area (Å²) in [6, 6.07) is 8.95. The first-order valence-electron chi connectivity index (χ1n) is 7.93. The number of alkyl halides is 3. The van der Waals surface area contributed by atoms with Crippen molar-refractivity contribution < 1.29 is 27.9 Å². The number of nitrogens with zero attached hydrogens (tertiary/aromatic N) is 1. The highest BCUT2D eigenvalue weighted by molar-refractivity contribution is 7.99. The number of carboxylic acids is 1. The molecular weight excluding hydrogens is 381 g/mol. The third-order valence-corrected chi connectivity index (χ3v) is 4.56. The van der Waals surface area contributed by atoms with E-state index in [1.54, 1.807) is 31.2 Å². The maximum Gasteiger partial charge on any atom is 0.417 e. The predicted octanol–water partition coefficient (Wildman–Crippen LogP) is 4.09. The smallest absolute Gasteiger partial charge is 0.417 e. The fourth-order valence-electron chi connectivity index (χ4n) is 2.13. The molecule has 1 heterocycles. The van der Waals surface area contributed by atoms with Gasteiger partial charge in [-0.05, 0) is 36.2 Å². The molecule has 27 heavy (non-hydrogen) atoms. The number of pyridine rings is 1. The van der Waals surface area contributed by atoms with Crippen molar-refractivity contribution in [1.82, 2.24) is 4.98 Å². The topological polar surface area (TPSA) is 79.3 Å². The van der Waals surface area contributed by atoms with E-state index in [0.29, 0.717) is 17.1 Å². The van der Waals surface area contributed by atoms with Crippen molar-refractivity contribution in [2.24, 2.45) is 5.92 Å². The van der Waals surface area contributed by atoms with Crippen molar-refractivity contribution >= 4 is 29.3 Å². The molecule has 0 spiro atoms. The lowest BCUT2D eigenvalue weighted by atomic mass is 10.0. The van der Waals surface area contributed by atoms with Gasteiger partial charge in [-0.2, -0.15) is 13.2 Å². The average Bonchev–Trinajstić information content (AvgIpc) is 2.61. The molecule has 9 heteroatoms. The van der Waals surface area contributed by atoms with Crippen LogP contribution in [0.15, 0.2) is 47.6 Å². The summed E-state index contributed by atoms with van der Waals surface area (Å²) in [6.07, 6.45) is -3.32. The molecule has 0 radical (unpaired) electrons. The van der Waals surface area contributed by atoms with Gasteiger partial charge in [-0.1, -0.05) is 30.8 Å². The molecule has 0 aliphatic carbocycles. The van der Waals surface area contributed by atoms with E-state index in [0.717, 1.165) is 29.6 Å². The molecule has 2 aromatic rings. The second kappa shape index (κ2) is 8.90. The molecule has 144 valence electrons. The van der Waals surface area contributed by atoms with Gasteiger partial charge < -0.3 is 10.4 Å². The Kier molecular flexibility index (Phi) is 6.84. The Morgan fingerprint density at radius 2 is 1.85 bits per heavy atom. The lowest BCUT2D eigenvalue weighted by Crippen LogP contribution is -2.14. The van der Waals surface area contributed by atoms with Crippen molar-refractivity contribution in [3.8, 4) is 0 Å². The Bertz CT molecular complexity index is 793. The fourth-order valence-corrected chi connectivity index (χ4v) is 2.78. The molecule has 1 aromatic heterocycles. The van der Waals surface area contributed by atoms with Gasteiger partial charge in [0.05, 0.1) is 22.3 Å². The number of aliphatic carboxylic acids is 1. The highest BCUT2D eigenvalue weighted by Crippen LogP contribution is 2.29. The highest BCUT2D eigenvalue weighted by Gasteiger charge is 2.30. The fraction of sp³-hybridized carbons (Fsp3) is 0.278. The Morgan fingerprint density at radius 1 is 1.19 bits per heavy atom. The normalized spacial score (nSPS) is 12.4. The lowest BCUT2D eigenvalue weighted by Gasteiger charge is -2.09. The van der Waals surface area contributed by atoms with Crippen molar-refractivity contribution in [2.75, 3.05) is 11.1 Å². The van der Waals surface area contributed by atoms with Gasteiger partial charge in [0.15, 0.2) is 0 Å². The Balaban J connectivity index is 1.84. The predicted molar refractivity (Wildman–Crippen MR) is 95.5 cm³/mol. The number of carbonyl (C=O) groups is 2. The quantitative estimate of drug-likeness (QED) is 0.687. The van der Waals surface area contributed by atoms with E-state index in [1.807, 2.05) is 0 Å². The lowest BCUT2D eigenvalue weighted by molar-refractivity contribution is -0.141. The second-order valence-corrected chi connectivity index (χ2v) is 6.86. The number of aromatic nitrogens is 1. The van der Waals surface area contributed by atoms with Gasteiger partial charge in [-0.25, -0.2) is 4.98 Å². The van der Waals surface area contributed by atoms with Crippen LogP contribution >= 0.6 is 11.8 Å². The van der Waals surface area contributed by atoms with Crippen LogP contribution in [0.4, 0.5) is 18.9 Å². The van der Waals surface area contributed by atoms with Crippen molar-refractivity contribution in [1.29, 1.82) is 0 Å². The van der Waals surface area contributed by atoms with Crippen molar-refractivity contribution in [3.05, 3.63) is 53.7 Å². The molecule has 1 aromatic carbocycles. The van der Waals surface area contributed by atoms with E-state index in [9.17, 15) is 22.8 Å². The van der Waals surface area contributed by atoms with E-state index in [1.165, 1.54) is 6.07 Å². The van der Waals surface area contributed by atoms with Gasteiger partial charge >= 0.3 is 12.1 Å². The number of benzene rings is 1. The van der Waals surface area contributed by atoms with E-state index >= 15 is 0 Å². The Morgan fingerprint density at radius 3 is 2.37 bits per heavy atom. The Hall–Kier alpha value is -2.55. The van der Waals surface area contributed by atoms with Crippen LogP contribution in [-0.4, -0.2) is 27.7 Å². The van der Waals surface area contributed by atoms with Gasteiger partial charge in [0, 0.05) is 11.9 Å². The number of carboxylic acid groups (broad SMARTS) is 1. The number of halogens is 3. The molecule has 1 amide bonds. The summed E-state index contributed by atoms with van der Waals surface area (Å²) in [5.74, 6) is -1.71. The summed E-state index contributed by atoms with van der Waals surface area (Å²) in [5, 5.41) is 11.9. The van der Waals surface area contributed by atoms with Crippen molar-refractivity contribution in [3.63, 3.8) is 0 Å². The van der Waals surface area contributed by atoms with Crippen LogP contribution in [-0.2, 0) is 22.2 Å². The summed E-state index contributed by atoms with van der Waals surface area (Å²) >= 11 is 1.03. The minimum atomic E-state index is -4.44. The molecular formula is C18H17F3N2O3S. The molecule has 1 unspecified atom stereocenters. The van der Waals surface area contributed by atoms with Gasteiger partial charge in [-0.3, -0.25) is 9.59 Å². The second-order valence-electron chi connectivity index (χ2n) is 5.86. The standard InChI is InChI=1S/C18H17F3N2O3S/c1-11(17(25)26)8-12-2-5-14(6-3-12)23-15(24)10-27-16-7-4-13(9-22-16)18(19,20)21/h2-7,9,11H,8,10H2,1H3,(H,23,24)(H,25,26). The first kappa shape index (κ1) is 20.8. The number of hydrogen-bond donors (Lipinski definition) is 2. The summed E-state index contributed by atoms with van der Waals surface area (Å²) in [4.78, 5) is 26.5. The maximum absolute atomic E-state index is 12.5. The monoisotopic (exact) mass is 398 g/mol. The van der Waals surface area contributed by atoms with E-state index in [4.69, 9.17) is 5.11 Å². The summed E-state index contributed by atoms with van der Waals surface area (Å²) in [7, 11) is 0. The van der Waals surface area contributed by atoms with Gasteiger partial charge in [-0.15, -0.1) is 0 Å². The molecule has 0 saturated carbocycles. The zero-order valence-corrected chi connectivity index (χ0v) is 15.1. The average molecular weight is 398 g/mol. The first-order valence-corrected chi connectivity index (χ1v) is 8.91. The minimum absolute atomic E-state index is 0.00381. The molecule has 0 fully saturated rings. The Labute approximate surface area is 158 Å². The van der Waals surface area contributed by atoms with Gasteiger partial charge in [0.25, 0.3) is 0 Å². The summed E-state index contributed by atoms with van der Waals surface area (Å²) in [6.45, 7) is 1.62. The number of nitrogens with one attached hydrogen (secondary N) is 1. The van der Waals surface area contributed by atoms with Gasteiger partial charge in [0.1, 0.15) is 0 Å². The van der Waals surface area contributed by atoms with E-state index in [-0.39, 0.29) is 11.7 Å². The molecule has 1 atom stereocenters. The minimum Gasteiger partial charge on any atom is -0.481 e. The third kappa shape index (κ3) is 6.59. The zero-order valence-electron chi connectivity index (χ0n) is 14.3. The van der Waals surface area contributed by atoms with Crippen LogP contribution in [0.2, 0.25) is 0 Å². The maximum atomic E-state index is 12.5. The first-order chi connectivity index (χ1) is 12.6. The molecule has 0 bridgehead atoms.